The highest BCUT2D eigenvalue weighted by Gasteiger charge is 2.03. The molecule has 0 aliphatic carbocycles. The molecule has 0 aromatic carbocycles. The molecule has 1 rings (SSSR count). The van der Waals surface area contributed by atoms with E-state index in [2.05, 4.69) is 10.3 Å². The molecule has 0 aliphatic heterocycles. The van der Waals surface area contributed by atoms with Crippen molar-refractivity contribution >= 4 is 5.97 Å². The Bertz CT molecular complexity index is 286. The van der Waals surface area contributed by atoms with Crippen LogP contribution in [0.2, 0.25) is 0 Å². The topological polar surface area (TPSA) is 62.2 Å². The van der Waals surface area contributed by atoms with E-state index in [1.54, 1.807) is 19.2 Å². The molecule has 4 nitrogen and oxygen atoms in total. The first kappa shape index (κ1) is 8.67. The molecule has 1 heterocycles. The number of nitrogens with zero attached hydrogens (tertiary/aromatic N) is 1. The van der Waals surface area contributed by atoms with Gasteiger partial charge in [-0.2, -0.15) is 0 Å². The third-order valence-electron chi connectivity index (χ3n) is 1.42. The van der Waals surface area contributed by atoms with Gasteiger partial charge in [0.15, 0.2) is 0 Å². The Labute approximate surface area is 70.3 Å². The number of aromatic nitrogens is 1. The van der Waals surface area contributed by atoms with Crippen molar-refractivity contribution in [2.75, 3.05) is 7.05 Å². The van der Waals surface area contributed by atoms with E-state index in [-0.39, 0.29) is 5.69 Å². The van der Waals surface area contributed by atoms with Gasteiger partial charge in [0.25, 0.3) is 0 Å². The molecule has 0 saturated carbocycles. The van der Waals surface area contributed by atoms with Crippen LogP contribution in [0.15, 0.2) is 18.3 Å². The zero-order valence-electron chi connectivity index (χ0n) is 6.74. The lowest BCUT2D eigenvalue weighted by molar-refractivity contribution is 0.0690. The van der Waals surface area contributed by atoms with Gasteiger partial charge in [-0.1, -0.05) is 0 Å². The summed E-state index contributed by atoms with van der Waals surface area (Å²) in [5, 5.41) is 11.5. The van der Waals surface area contributed by atoms with Gasteiger partial charge >= 0.3 is 5.97 Å². The largest absolute Gasteiger partial charge is 0.477 e. The van der Waals surface area contributed by atoms with E-state index in [1.807, 2.05) is 0 Å². The van der Waals surface area contributed by atoms with Gasteiger partial charge in [-0.3, -0.25) is 0 Å². The Morgan fingerprint density at radius 1 is 1.75 bits per heavy atom. The van der Waals surface area contributed by atoms with Crippen molar-refractivity contribution in [3.63, 3.8) is 0 Å². The van der Waals surface area contributed by atoms with Crippen LogP contribution in [0.5, 0.6) is 0 Å². The number of carboxylic acid groups (broad SMARTS) is 1. The van der Waals surface area contributed by atoms with E-state index in [1.165, 1.54) is 6.20 Å². The fourth-order valence-corrected chi connectivity index (χ4v) is 0.905. The van der Waals surface area contributed by atoms with Gasteiger partial charge in [-0.15, -0.1) is 0 Å². The molecule has 0 spiro atoms. The van der Waals surface area contributed by atoms with Crippen LogP contribution in [-0.2, 0) is 6.54 Å². The minimum atomic E-state index is -0.993. The molecule has 1 aromatic heterocycles. The highest BCUT2D eigenvalue weighted by atomic mass is 16.4. The summed E-state index contributed by atoms with van der Waals surface area (Å²) in [6.07, 6.45) is 1.50. The molecule has 0 aliphatic rings. The first-order valence-corrected chi connectivity index (χ1v) is 3.57. The number of hydrogen-bond donors (Lipinski definition) is 2. The van der Waals surface area contributed by atoms with Crippen LogP contribution in [-0.4, -0.2) is 23.1 Å². The minimum absolute atomic E-state index is 0.0859. The number of carboxylic acids is 1. The van der Waals surface area contributed by atoms with Crippen molar-refractivity contribution in [3.8, 4) is 0 Å². The molecule has 64 valence electrons. The van der Waals surface area contributed by atoms with Crippen molar-refractivity contribution < 1.29 is 9.90 Å². The summed E-state index contributed by atoms with van der Waals surface area (Å²) in [5.41, 5.74) is 1.01. The fourth-order valence-electron chi connectivity index (χ4n) is 0.905. The second-order valence-corrected chi connectivity index (χ2v) is 2.38. The summed E-state index contributed by atoms with van der Waals surface area (Å²) in [6, 6.07) is 3.34. The molecule has 4 heteroatoms. The lowest BCUT2D eigenvalue weighted by atomic mass is 10.2. The highest BCUT2D eigenvalue weighted by molar-refractivity contribution is 5.85. The van der Waals surface area contributed by atoms with E-state index < -0.39 is 5.97 Å². The van der Waals surface area contributed by atoms with E-state index in [4.69, 9.17) is 5.11 Å². The van der Waals surface area contributed by atoms with Crippen LogP contribution in [0.4, 0.5) is 0 Å². The second-order valence-electron chi connectivity index (χ2n) is 2.38. The van der Waals surface area contributed by atoms with Crippen LogP contribution < -0.4 is 5.32 Å². The molecule has 0 fully saturated rings. The van der Waals surface area contributed by atoms with Crippen LogP contribution >= 0.6 is 0 Å². The first-order valence-electron chi connectivity index (χ1n) is 3.57. The maximum atomic E-state index is 10.5. The predicted octanol–water partition coefficient (Wildman–Crippen LogP) is 0.499. The van der Waals surface area contributed by atoms with Gasteiger partial charge in [0.2, 0.25) is 0 Å². The molecular weight excluding hydrogens is 156 g/mol. The third-order valence-corrected chi connectivity index (χ3v) is 1.42. The Morgan fingerprint density at radius 3 is 3.08 bits per heavy atom. The Hall–Kier alpha value is -1.42. The molecule has 1 aromatic rings. The van der Waals surface area contributed by atoms with Gasteiger partial charge < -0.3 is 10.4 Å². The Kier molecular flexibility index (Phi) is 2.76. The molecule has 0 radical (unpaired) electrons. The molecule has 0 bridgehead atoms. The van der Waals surface area contributed by atoms with Crippen molar-refractivity contribution in [1.29, 1.82) is 0 Å². The standard InChI is InChI=1S/C8H10N2O2/c1-9-5-6-2-3-10-7(4-6)8(11)12/h2-4,9H,5H2,1H3,(H,11,12). The SMILES string of the molecule is CNCc1ccnc(C(=O)O)c1. The number of carbonyl (C=O) groups is 1. The molecule has 0 atom stereocenters. The molecule has 0 amide bonds. The summed E-state index contributed by atoms with van der Waals surface area (Å²) in [7, 11) is 1.81. The molecule has 0 unspecified atom stereocenters. The maximum Gasteiger partial charge on any atom is 0.354 e. The number of pyridine rings is 1. The predicted molar refractivity (Wildman–Crippen MR) is 44.0 cm³/mol. The molecule has 12 heavy (non-hydrogen) atoms. The van der Waals surface area contributed by atoms with E-state index in [0.717, 1.165) is 5.56 Å². The summed E-state index contributed by atoms with van der Waals surface area (Å²) in [6.45, 7) is 0.656. The van der Waals surface area contributed by atoms with Crippen molar-refractivity contribution in [2.45, 2.75) is 6.54 Å². The number of aromatic carboxylic acids is 1. The highest BCUT2D eigenvalue weighted by Crippen LogP contribution is 2.00. The zero-order valence-corrected chi connectivity index (χ0v) is 6.74. The first-order chi connectivity index (χ1) is 5.74. The van der Waals surface area contributed by atoms with Crippen LogP contribution in [0.25, 0.3) is 0 Å². The number of rotatable bonds is 3. The van der Waals surface area contributed by atoms with Crippen molar-refractivity contribution in [3.05, 3.63) is 29.6 Å². The average Bonchev–Trinajstić information content (AvgIpc) is 2.05. The second kappa shape index (κ2) is 3.82. The normalized spacial score (nSPS) is 9.75. The zero-order chi connectivity index (χ0) is 8.97. The van der Waals surface area contributed by atoms with Crippen molar-refractivity contribution in [2.24, 2.45) is 0 Å². The van der Waals surface area contributed by atoms with Crippen LogP contribution in [0.1, 0.15) is 16.1 Å². The van der Waals surface area contributed by atoms with Crippen LogP contribution in [0, 0.1) is 0 Å². The lowest BCUT2D eigenvalue weighted by Crippen LogP contribution is -2.07. The Morgan fingerprint density at radius 2 is 2.50 bits per heavy atom. The molecule has 0 saturated heterocycles. The smallest absolute Gasteiger partial charge is 0.354 e. The quantitative estimate of drug-likeness (QED) is 0.686. The van der Waals surface area contributed by atoms with E-state index in [0.29, 0.717) is 6.54 Å². The van der Waals surface area contributed by atoms with E-state index >= 15 is 0 Å². The summed E-state index contributed by atoms with van der Waals surface area (Å²) < 4.78 is 0. The average molecular weight is 166 g/mol. The third kappa shape index (κ3) is 2.03. The van der Waals surface area contributed by atoms with Gasteiger partial charge in [0.1, 0.15) is 5.69 Å². The lowest BCUT2D eigenvalue weighted by Gasteiger charge is -1.99. The monoisotopic (exact) mass is 166 g/mol. The molecule has 2 N–H and O–H groups in total. The summed E-state index contributed by atoms with van der Waals surface area (Å²) in [5.74, 6) is -0.993. The fraction of sp³-hybridized carbons (Fsp3) is 0.250. The minimum Gasteiger partial charge on any atom is -0.477 e. The van der Waals surface area contributed by atoms with Crippen molar-refractivity contribution in [1.82, 2.24) is 10.3 Å². The van der Waals surface area contributed by atoms with Gasteiger partial charge in [0.05, 0.1) is 0 Å². The number of hydrogen-bond acceptors (Lipinski definition) is 3. The van der Waals surface area contributed by atoms with Gasteiger partial charge in [-0.05, 0) is 24.7 Å². The van der Waals surface area contributed by atoms with Gasteiger partial charge in [0, 0.05) is 12.7 Å². The van der Waals surface area contributed by atoms with Crippen LogP contribution in [0.3, 0.4) is 0 Å². The summed E-state index contributed by atoms with van der Waals surface area (Å²) in [4.78, 5) is 14.2. The molecular formula is C8H10N2O2. The van der Waals surface area contributed by atoms with E-state index in [9.17, 15) is 4.79 Å². The number of nitrogens with one attached hydrogen (secondary N) is 1. The maximum absolute atomic E-state index is 10.5. The summed E-state index contributed by atoms with van der Waals surface area (Å²) >= 11 is 0. The Balaban J connectivity index is 2.88. The van der Waals surface area contributed by atoms with Gasteiger partial charge in [-0.25, -0.2) is 9.78 Å².